The molecule has 1 fully saturated rings. The first-order chi connectivity index (χ1) is 14.9. The van der Waals surface area contributed by atoms with Crippen molar-refractivity contribution in [3.8, 4) is 0 Å². The summed E-state index contributed by atoms with van der Waals surface area (Å²) in [5.74, 6) is -0.909. The molecular formula is C23H24FN3O3S. The maximum absolute atomic E-state index is 14.0. The molecule has 0 aliphatic carbocycles. The van der Waals surface area contributed by atoms with Gasteiger partial charge in [0.05, 0.1) is 6.04 Å². The largest absolute Gasteiger partial charge is 0.325 e. The van der Waals surface area contributed by atoms with Crippen LogP contribution in [0.2, 0.25) is 0 Å². The Morgan fingerprint density at radius 2 is 1.58 bits per heavy atom. The highest BCUT2D eigenvalue weighted by Crippen LogP contribution is 2.22. The maximum Gasteiger partial charge on any atom is 0.246 e. The van der Waals surface area contributed by atoms with E-state index in [4.69, 9.17) is 0 Å². The first-order valence-electron chi connectivity index (χ1n) is 10.1. The number of benzene rings is 3. The van der Waals surface area contributed by atoms with E-state index in [9.17, 15) is 17.6 Å². The van der Waals surface area contributed by atoms with Crippen LogP contribution in [0.3, 0.4) is 0 Å². The maximum atomic E-state index is 14.0. The lowest BCUT2D eigenvalue weighted by atomic mass is 10.1. The third kappa shape index (κ3) is 4.46. The summed E-state index contributed by atoms with van der Waals surface area (Å²) < 4.78 is 40.8. The SMILES string of the molecule is CC(C(=O)Nc1ccc2ccccc2c1)N1CCN(S(=O)(=O)c2ccccc2F)CC1. The molecule has 0 bridgehead atoms. The molecule has 1 aliphatic rings. The van der Waals surface area contributed by atoms with E-state index in [1.54, 1.807) is 6.92 Å². The third-order valence-electron chi connectivity index (χ3n) is 5.67. The van der Waals surface area contributed by atoms with Crippen LogP contribution in [0.15, 0.2) is 71.6 Å². The number of hydrogen-bond donors (Lipinski definition) is 1. The van der Waals surface area contributed by atoms with Gasteiger partial charge in [0.1, 0.15) is 10.7 Å². The van der Waals surface area contributed by atoms with Crippen LogP contribution >= 0.6 is 0 Å². The van der Waals surface area contributed by atoms with E-state index < -0.39 is 21.9 Å². The van der Waals surface area contributed by atoms with Crippen molar-refractivity contribution in [3.05, 3.63) is 72.5 Å². The fourth-order valence-electron chi connectivity index (χ4n) is 3.80. The lowest BCUT2D eigenvalue weighted by molar-refractivity contribution is -0.121. The van der Waals surface area contributed by atoms with Crippen LogP contribution in [0.1, 0.15) is 6.92 Å². The predicted octanol–water partition coefficient (Wildman–Crippen LogP) is 3.31. The fourth-order valence-corrected chi connectivity index (χ4v) is 5.29. The van der Waals surface area contributed by atoms with Crippen molar-refractivity contribution in [1.29, 1.82) is 0 Å². The Balaban J connectivity index is 1.38. The van der Waals surface area contributed by atoms with Gasteiger partial charge < -0.3 is 5.32 Å². The van der Waals surface area contributed by atoms with E-state index in [0.29, 0.717) is 13.1 Å². The molecule has 1 N–H and O–H groups in total. The quantitative estimate of drug-likeness (QED) is 0.660. The van der Waals surface area contributed by atoms with Gasteiger partial charge in [-0.25, -0.2) is 12.8 Å². The number of nitrogens with zero attached hydrogens (tertiary/aromatic N) is 2. The Morgan fingerprint density at radius 3 is 2.29 bits per heavy atom. The van der Waals surface area contributed by atoms with Crippen LogP contribution in [0.5, 0.6) is 0 Å². The molecule has 0 spiro atoms. The van der Waals surface area contributed by atoms with Crippen molar-refractivity contribution >= 4 is 32.4 Å². The Labute approximate surface area is 181 Å². The molecule has 31 heavy (non-hydrogen) atoms. The smallest absolute Gasteiger partial charge is 0.246 e. The number of amides is 1. The minimum Gasteiger partial charge on any atom is -0.325 e. The van der Waals surface area contributed by atoms with Crippen LogP contribution in [0.4, 0.5) is 10.1 Å². The average molecular weight is 442 g/mol. The molecule has 1 atom stereocenters. The van der Waals surface area contributed by atoms with Crippen LogP contribution in [0.25, 0.3) is 10.8 Å². The van der Waals surface area contributed by atoms with Gasteiger partial charge in [0.15, 0.2) is 0 Å². The number of nitrogens with one attached hydrogen (secondary N) is 1. The summed E-state index contributed by atoms with van der Waals surface area (Å²) in [7, 11) is -3.90. The second-order valence-corrected chi connectivity index (χ2v) is 9.50. The number of piperazine rings is 1. The summed E-state index contributed by atoms with van der Waals surface area (Å²) in [6.45, 7) is 2.98. The third-order valence-corrected chi connectivity index (χ3v) is 7.60. The topological polar surface area (TPSA) is 69.7 Å². The summed E-state index contributed by atoms with van der Waals surface area (Å²) in [5.41, 5.74) is 0.719. The predicted molar refractivity (Wildman–Crippen MR) is 119 cm³/mol. The molecule has 1 saturated heterocycles. The Morgan fingerprint density at radius 1 is 0.935 bits per heavy atom. The second-order valence-electron chi connectivity index (χ2n) is 7.60. The molecule has 1 unspecified atom stereocenters. The number of carbonyl (C=O) groups excluding carboxylic acids is 1. The van der Waals surface area contributed by atoms with Crippen LogP contribution < -0.4 is 5.32 Å². The molecule has 3 aromatic rings. The van der Waals surface area contributed by atoms with E-state index >= 15 is 0 Å². The molecule has 8 heteroatoms. The zero-order chi connectivity index (χ0) is 22.0. The highest BCUT2D eigenvalue weighted by Gasteiger charge is 2.33. The van der Waals surface area contributed by atoms with Crippen molar-refractivity contribution < 1.29 is 17.6 Å². The summed E-state index contributed by atoms with van der Waals surface area (Å²) in [6, 6.07) is 18.6. The molecule has 1 heterocycles. The van der Waals surface area contributed by atoms with Gasteiger partial charge in [0, 0.05) is 31.9 Å². The number of halogens is 1. The number of sulfonamides is 1. The standard InChI is InChI=1S/C23H24FN3O3S/c1-17(23(28)25-20-11-10-18-6-2-3-7-19(18)16-20)26-12-14-27(15-13-26)31(29,30)22-9-5-4-8-21(22)24/h2-11,16-17H,12-15H2,1H3,(H,25,28). The fraction of sp³-hybridized carbons (Fsp3) is 0.261. The van der Waals surface area contributed by atoms with Crippen molar-refractivity contribution in [1.82, 2.24) is 9.21 Å². The Hall–Kier alpha value is -2.81. The molecule has 0 aromatic heterocycles. The summed E-state index contributed by atoms with van der Waals surface area (Å²) in [6.07, 6.45) is 0. The van der Waals surface area contributed by atoms with Gasteiger partial charge >= 0.3 is 0 Å². The van der Waals surface area contributed by atoms with Crippen molar-refractivity contribution in [2.45, 2.75) is 17.9 Å². The number of carbonyl (C=O) groups is 1. The van der Waals surface area contributed by atoms with Gasteiger partial charge in [0.2, 0.25) is 15.9 Å². The van der Waals surface area contributed by atoms with Crippen LogP contribution in [0, 0.1) is 5.82 Å². The van der Waals surface area contributed by atoms with Gasteiger partial charge in [-0.1, -0.05) is 42.5 Å². The summed E-state index contributed by atoms with van der Waals surface area (Å²) in [4.78, 5) is 14.4. The minimum atomic E-state index is -3.90. The Kier molecular flexibility index (Phi) is 6.04. The highest BCUT2D eigenvalue weighted by atomic mass is 32.2. The number of rotatable bonds is 5. The van der Waals surface area contributed by atoms with Gasteiger partial charge in [-0.05, 0) is 42.0 Å². The lowest BCUT2D eigenvalue weighted by Crippen LogP contribution is -2.54. The first-order valence-corrected chi connectivity index (χ1v) is 11.6. The van der Waals surface area contributed by atoms with Crippen molar-refractivity contribution in [2.24, 2.45) is 0 Å². The zero-order valence-corrected chi connectivity index (χ0v) is 18.0. The van der Waals surface area contributed by atoms with E-state index in [1.807, 2.05) is 47.4 Å². The van der Waals surface area contributed by atoms with Gasteiger partial charge in [-0.3, -0.25) is 9.69 Å². The number of fused-ring (bicyclic) bond motifs is 1. The van der Waals surface area contributed by atoms with E-state index in [-0.39, 0.29) is 23.9 Å². The molecule has 4 rings (SSSR count). The number of hydrogen-bond acceptors (Lipinski definition) is 4. The summed E-state index contributed by atoms with van der Waals surface area (Å²) >= 11 is 0. The molecule has 3 aromatic carbocycles. The van der Waals surface area contributed by atoms with Gasteiger partial charge in [-0.15, -0.1) is 0 Å². The lowest BCUT2D eigenvalue weighted by Gasteiger charge is -2.36. The van der Waals surface area contributed by atoms with E-state index in [1.165, 1.54) is 22.5 Å². The molecular weight excluding hydrogens is 417 g/mol. The summed E-state index contributed by atoms with van der Waals surface area (Å²) in [5, 5.41) is 5.08. The van der Waals surface area contributed by atoms with E-state index in [2.05, 4.69) is 5.32 Å². The second kappa shape index (κ2) is 8.74. The highest BCUT2D eigenvalue weighted by molar-refractivity contribution is 7.89. The number of anilines is 1. The molecule has 0 radical (unpaired) electrons. The average Bonchev–Trinajstić information content (AvgIpc) is 2.78. The van der Waals surface area contributed by atoms with Crippen molar-refractivity contribution in [3.63, 3.8) is 0 Å². The molecule has 1 aliphatic heterocycles. The van der Waals surface area contributed by atoms with Crippen molar-refractivity contribution in [2.75, 3.05) is 31.5 Å². The first kappa shape index (κ1) is 21.4. The monoisotopic (exact) mass is 441 g/mol. The molecule has 1 amide bonds. The van der Waals surface area contributed by atoms with Gasteiger partial charge in [0.25, 0.3) is 0 Å². The minimum absolute atomic E-state index is 0.152. The molecule has 0 saturated carbocycles. The molecule has 162 valence electrons. The van der Waals surface area contributed by atoms with Crippen LogP contribution in [-0.4, -0.2) is 55.8 Å². The van der Waals surface area contributed by atoms with Gasteiger partial charge in [-0.2, -0.15) is 4.31 Å². The molecule has 6 nitrogen and oxygen atoms in total. The zero-order valence-electron chi connectivity index (χ0n) is 17.2. The Bertz CT molecular complexity index is 1210. The normalized spacial score (nSPS) is 16.8. The van der Waals surface area contributed by atoms with E-state index in [0.717, 1.165) is 22.5 Å². The van der Waals surface area contributed by atoms with Crippen LogP contribution in [-0.2, 0) is 14.8 Å².